The first-order valence-corrected chi connectivity index (χ1v) is 7.31. The molecule has 0 spiro atoms. The number of rotatable bonds is 5. The van der Waals surface area contributed by atoms with E-state index in [9.17, 15) is 4.79 Å². The Balaban J connectivity index is 0.00000242. The predicted octanol–water partition coefficient (Wildman–Crippen LogP) is 3.42. The molecule has 0 unspecified atom stereocenters. The number of hydrogen-bond donors (Lipinski definition) is 1. The van der Waals surface area contributed by atoms with Gasteiger partial charge in [0.2, 0.25) is 0 Å². The van der Waals surface area contributed by atoms with E-state index in [1.54, 1.807) is 12.5 Å². The molecule has 0 saturated carbocycles. The minimum atomic E-state index is -0.0129. The van der Waals surface area contributed by atoms with Crippen LogP contribution in [0.25, 0.3) is 0 Å². The molecule has 120 valence electrons. The molecule has 0 fully saturated rings. The molecule has 0 aliphatic rings. The minimum absolute atomic E-state index is 0. The van der Waals surface area contributed by atoms with Crippen LogP contribution in [0.1, 0.15) is 43.1 Å². The first-order chi connectivity index (χ1) is 9.97. The molecule has 1 amide bonds. The zero-order valence-electron chi connectivity index (χ0n) is 13.4. The quantitative estimate of drug-likeness (QED) is 0.858. The van der Waals surface area contributed by atoms with E-state index in [-0.39, 0.29) is 23.7 Å². The Morgan fingerprint density at radius 2 is 1.91 bits per heavy atom. The maximum Gasteiger partial charge on any atom is 0.251 e. The average molecular weight is 322 g/mol. The van der Waals surface area contributed by atoms with Gasteiger partial charge in [-0.05, 0) is 29.5 Å². The SMILES string of the molecule is CC(C)(C)c1ccc(C(=O)NCCCn2ccnc2)cc1.Cl. The molecule has 1 heterocycles. The summed E-state index contributed by atoms with van der Waals surface area (Å²) in [5.74, 6) is -0.0129. The molecule has 0 radical (unpaired) electrons. The van der Waals surface area contributed by atoms with Gasteiger partial charge in [0.25, 0.3) is 5.91 Å². The molecular formula is C17H24ClN3O. The second-order valence-electron chi connectivity index (χ2n) is 6.24. The number of aromatic nitrogens is 2. The van der Waals surface area contributed by atoms with Crippen molar-refractivity contribution in [2.75, 3.05) is 6.54 Å². The maximum absolute atomic E-state index is 12.0. The lowest BCUT2D eigenvalue weighted by Gasteiger charge is -2.19. The Morgan fingerprint density at radius 1 is 1.23 bits per heavy atom. The van der Waals surface area contributed by atoms with E-state index in [0.717, 1.165) is 13.0 Å². The molecule has 0 saturated heterocycles. The predicted molar refractivity (Wildman–Crippen MR) is 91.6 cm³/mol. The third-order valence-electron chi connectivity index (χ3n) is 3.45. The van der Waals surface area contributed by atoms with Gasteiger partial charge in [-0.3, -0.25) is 4.79 Å². The topological polar surface area (TPSA) is 46.9 Å². The van der Waals surface area contributed by atoms with Gasteiger partial charge < -0.3 is 9.88 Å². The highest BCUT2D eigenvalue weighted by atomic mass is 35.5. The van der Waals surface area contributed by atoms with Gasteiger partial charge in [0, 0.05) is 31.0 Å². The minimum Gasteiger partial charge on any atom is -0.352 e. The van der Waals surface area contributed by atoms with Crippen LogP contribution in [-0.2, 0) is 12.0 Å². The lowest BCUT2D eigenvalue weighted by atomic mass is 9.87. The van der Waals surface area contributed by atoms with E-state index in [4.69, 9.17) is 0 Å². The number of nitrogens with one attached hydrogen (secondary N) is 1. The van der Waals surface area contributed by atoms with Crippen LogP contribution in [0.3, 0.4) is 0 Å². The van der Waals surface area contributed by atoms with Gasteiger partial charge in [-0.15, -0.1) is 12.4 Å². The Kier molecular flexibility index (Phi) is 6.62. The Bertz CT molecular complexity index is 571. The van der Waals surface area contributed by atoms with Gasteiger partial charge in [0.05, 0.1) is 6.33 Å². The number of carbonyl (C=O) groups is 1. The largest absolute Gasteiger partial charge is 0.352 e. The van der Waals surface area contributed by atoms with Crippen LogP contribution in [0, 0.1) is 0 Å². The Labute approximate surface area is 138 Å². The molecule has 0 bridgehead atoms. The smallest absolute Gasteiger partial charge is 0.251 e. The monoisotopic (exact) mass is 321 g/mol. The van der Waals surface area contributed by atoms with Crippen molar-refractivity contribution in [3.8, 4) is 0 Å². The van der Waals surface area contributed by atoms with Crippen LogP contribution < -0.4 is 5.32 Å². The summed E-state index contributed by atoms with van der Waals surface area (Å²) in [5, 5.41) is 2.95. The molecule has 2 aromatic rings. The molecule has 22 heavy (non-hydrogen) atoms. The molecule has 2 rings (SSSR count). The third kappa shape index (κ3) is 5.19. The van der Waals surface area contributed by atoms with Crippen molar-refractivity contribution in [3.05, 3.63) is 54.1 Å². The van der Waals surface area contributed by atoms with Crippen molar-refractivity contribution in [2.24, 2.45) is 0 Å². The Hall–Kier alpha value is -1.81. The maximum atomic E-state index is 12.0. The van der Waals surface area contributed by atoms with Crippen LogP contribution in [0.2, 0.25) is 0 Å². The summed E-state index contributed by atoms with van der Waals surface area (Å²) in [4.78, 5) is 16.0. The van der Waals surface area contributed by atoms with E-state index in [1.807, 2.05) is 35.0 Å². The number of aryl methyl sites for hydroxylation is 1. The summed E-state index contributed by atoms with van der Waals surface area (Å²) in [6.45, 7) is 8.02. The van der Waals surface area contributed by atoms with Crippen molar-refractivity contribution in [1.82, 2.24) is 14.9 Å². The fraction of sp³-hybridized carbons (Fsp3) is 0.412. The Morgan fingerprint density at radius 3 is 2.45 bits per heavy atom. The lowest BCUT2D eigenvalue weighted by molar-refractivity contribution is 0.0952. The molecule has 1 N–H and O–H groups in total. The van der Waals surface area contributed by atoms with E-state index >= 15 is 0 Å². The second-order valence-corrected chi connectivity index (χ2v) is 6.24. The standard InChI is InChI=1S/C17H23N3O.ClH/c1-17(2,3)15-7-5-14(6-8-15)16(21)19-9-4-11-20-12-10-18-13-20;/h5-8,10,12-13H,4,9,11H2,1-3H3,(H,19,21);1H. The van der Waals surface area contributed by atoms with Crippen LogP contribution in [0.4, 0.5) is 0 Å². The summed E-state index contributed by atoms with van der Waals surface area (Å²) in [6.07, 6.45) is 6.36. The fourth-order valence-electron chi connectivity index (χ4n) is 2.11. The molecule has 1 aromatic heterocycles. The number of hydrogen-bond acceptors (Lipinski definition) is 2. The zero-order valence-corrected chi connectivity index (χ0v) is 14.2. The molecular weight excluding hydrogens is 298 g/mol. The van der Waals surface area contributed by atoms with E-state index in [2.05, 4.69) is 31.1 Å². The summed E-state index contributed by atoms with van der Waals surface area (Å²) < 4.78 is 2.00. The van der Waals surface area contributed by atoms with E-state index in [0.29, 0.717) is 12.1 Å². The number of carbonyl (C=O) groups excluding carboxylic acids is 1. The van der Waals surface area contributed by atoms with Crippen molar-refractivity contribution in [3.63, 3.8) is 0 Å². The summed E-state index contributed by atoms with van der Waals surface area (Å²) in [6, 6.07) is 7.85. The van der Waals surface area contributed by atoms with E-state index in [1.165, 1.54) is 5.56 Å². The van der Waals surface area contributed by atoms with Crippen molar-refractivity contribution in [2.45, 2.75) is 39.2 Å². The van der Waals surface area contributed by atoms with Crippen LogP contribution in [-0.4, -0.2) is 22.0 Å². The van der Waals surface area contributed by atoms with Crippen molar-refractivity contribution in [1.29, 1.82) is 0 Å². The molecule has 0 atom stereocenters. The van der Waals surface area contributed by atoms with Crippen LogP contribution in [0.5, 0.6) is 0 Å². The average Bonchev–Trinajstić information content (AvgIpc) is 2.96. The molecule has 5 heteroatoms. The van der Waals surface area contributed by atoms with Gasteiger partial charge >= 0.3 is 0 Å². The first kappa shape index (κ1) is 18.2. The van der Waals surface area contributed by atoms with Gasteiger partial charge in [0.1, 0.15) is 0 Å². The van der Waals surface area contributed by atoms with Crippen LogP contribution >= 0.6 is 12.4 Å². The normalized spacial score (nSPS) is 10.9. The molecule has 4 nitrogen and oxygen atoms in total. The summed E-state index contributed by atoms with van der Waals surface area (Å²) >= 11 is 0. The van der Waals surface area contributed by atoms with Gasteiger partial charge in [0.15, 0.2) is 0 Å². The number of halogens is 1. The number of amides is 1. The molecule has 0 aliphatic carbocycles. The number of imidazole rings is 1. The number of benzene rings is 1. The van der Waals surface area contributed by atoms with Gasteiger partial charge in [-0.25, -0.2) is 4.98 Å². The number of nitrogens with zero attached hydrogens (tertiary/aromatic N) is 2. The zero-order chi connectivity index (χ0) is 15.3. The van der Waals surface area contributed by atoms with Crippen molar-refractivity contribution < 1.29 is 4.79 Å². The highest BCUT2D eigenvalue weighted by molar-refractivity contribution is 5.94. The fourth-order valence-corrected chi connectivity index (χ4v) is 2.11. The first-order valence-electron chi connectivity index (χ1n) is 7.31. The van der Waals surface area contributed by atoms with E-state index < -0.39 is 0 Å². The summed E-state index contributed by atoms with van der Waals surface area (Å²) in [7, 11) is 0. The van der Waals surface area contributed by atoms with Crippen LogP contribution in [0.15, 0.2) is 43.0 Å². The molecule has 0 aliphatic heterocycles. The van der Waals surface area contributed by atoms with Crippen molar-refractivity contribution >= 4 is 18.3 Å². The lowest BCUT2D eigenvalue weighted by Crippen LogP contribution is -2.25. The highest BCUT2D eigenvalue weighted by Crippen LogP contribution is 2.22. The van der Waals surface area contributed by atoms with Gasteiger partial charge in [-0.1, -0.05) is 32.9 Å². The summed E-state index contributed by atoms with van der Waals surface area (Å²) in [5.41, 5.74) is 2.06. The van der Waals surface area contributed by atoms with Gasteiger partial charge in [-0.2, -0.15) is 0 Å². The molecule has 1 aromatic carbocycles. The third-order valence-corrected chi connectivity index (χ3v) is 3.45. The second kappa shape index (κ2) is 7.99. The highest BCUT2D eigenvalue weighted by Gasteiger charge is 2.14.